The highest BCUT2D eigenvalue weighted by Gasteiger charge is 2.31. The summed E-state index contributed by atoms with van der Waals surface area (Å²) in [6, 6.07) is 4.67. The first-order chi connectivity index (χ1) is 17.6. The summed E-state index contributed by atoms with van der Waals surface area (Å²) >= 11 is 12.5. The van der Waals surface area contributed by atoms with Crippen LogP contribution in [0, 0.1) is 0 Å². The van der Waals surface area contributed by atoms with E-state index in [9.17, 15) is 24.2 Å². The van der Waals surface area contributed by atoms with Gasteiger partial charge in [0, 0.05) is 34.3 Å². The van der Waals surface area contributed by atoms with E-state index in [1.54, 1.807) is 6.07 Å². The van der Waals surface area contributed by atoms with Crippen molar-refractivity contribution in [1.82, 2.24) is 16.0 Å². The lowest BCUT2D eigenvalue weighted by Gasteiger charge is -2.19. The minimum Gasteiger partial charge on any atom is -0.481 e. The fourth-order valence-electron chi connectivity index (χ4n) is 3.96. The Hall–Kier alpha value is -3.09. The number of aliphatic carboxylic acids is 1. The second kappa shape index (κ2) is 11.5. The van der Waals surface area contributed by atoms with Gasteiger partial charge in [-0.25, -0.2) is 0 Å². The van der Waals surface area contributed by atoms with Crippen LogP contribution in [0.25, 0.3) is 0 Å². The molecule has 0 saturated carbocycles. The topological polar surface area (TPSA) is 163 Å². The van der Waals surface area contributed by atoms with Crippen LogP contribution in [0.15, 0.2) is 24.3 Å². The van der Waals surface area contributed by atoms with Crippen molar-refractivity contribution in [3.63, 3.8) is 0 Å². The van der Waals surface area contributed by atoms with Gasteiger partial charge in [-0.1, -0.05) is 29.3 Å². The van der Waals surface area contributed by atoms with Gasteiger partial charge in [0.25, 0.3) is 11.8 Å². The van der Waals surface area contributed by atoms with Crippen molar-refractivity contribution in [3.05, 3.63) is 56.6 Å². The van der Waals surface area contributed by atoms with Crippen LogP contribution in [0.1, 0.15) is 38.3 Å². The lowest BCUT2D eigenvalue weighted by Crippen LogP contribution is -2.53. The molecule has 0 aromatic heterocycles. The zero-order valence-electron chi connectivity index (χ0n) is 19.3. The Morgan fingerprint density at radius 3 is 2.43 bits per heavy atom. The largest absolute Gasteiger partial charge is 0.491 e. The van der Waals surface area contributed by atoms with Crippen molar-refractivity contribution < 1.29 is 38.6 Å². The van der Waals surface area contributed by atoms with E-state index in [0.29, 0.717) is 30.1 Å². The predicted molar refractivity (Wildman–Crippen MR) is 136 cm³/mol. The van der Waals surface area contributed by atoms with E-state index in [1.165, 1.54) is 18.2 Å². The monoisotopic (exact) mass is 547 g/mol. The number of carbonyl (C=O) groups excluding carboxylic acids is 3. The minimum absolute atomic E-state index is 0.112. The lowest BCUT2D eigenvalue weighted by atomic mass is 9.78. The van der Waals surface area contributed by atoms with Gasteiger partial charge < -0.3 is 35.4 Å². The maximum absolute atomic E-state index is 13.0. The molecule has 5 N–H and O–H groups in total. The zero-order chi connectivity index (χ0) is 26.7. The van der Waals surface area contributed by atoms with Gasteiger partial charge in [0.15, 0.2) is 0 Å². The summed E-state index contributed by atoms with van der Waals surface area (Å²) in [6.45, 7) is -0.0406. The molecule has 2 heterocycles. The van der Waals surface area contributed by atoms with Gasteiger partial charge >= 0.3 is 20.6 Å². The van der Waals surface area contributed by atoms with Crippen LogP contribution in [0.5, 0.6) is 0 Å². The zero-order valence-corrected chi connectivity index (χ0v) is 20.8. The maximum atomic E-state index is 13.0. The van der Waals surface area contributed by atoms with Crippen molar-refractivity contribution >= 4 is 72.4 Å². The van der Waals surface area contributed by atoms with Gasteiger partial charge in [0.2, 0.25) is 5.91 Å². The standard InChI is InChI=1S/C22H21B2Cl2N3O8/c25-16-5-10(3-14-12(16)8-36-23-14)21(33)29-18(22(34)27-2-1-19(30)31)7-28-20(32)11-4-15-13(17(26)6-11)9-37-24(15)35/h3-6,18,23,35H,1-2,7-9H2,(H,27,34)(H,28,32)(H,29,33)(H,30,31). The Labute approximate surface area is 222 Å². The highest BCUT2D eigenvalue weighted by molar-refractivity contribution is 6.62. The van der Waals surface area contributed by atoms with Crippen LogP contribution in [0.3, 0.4) is 0 Å². The second-order valence-corrected chi connectivity index (χ2v) is 9.26. The van der Waals surface area contributed by atoms with Crippen molar-refractivity contribution in [3.8, 4) is 0 Å². The number of amides is 3. The van der Waals surface area contributed by atoms with E-state index < -0.39 is 36.9 Å². The smallest absolute Gasteiger partial charge is 0.481 e. The number of carboxylic acids is 1. The first-order valence-corrected chi connectivity index (χ1v) is 12.0. The molecule has 1 atom stereocenters. The van der Waals surface area contributed by atoms with Crippen molar-refractivity contribution in [2.75, 3.05) is 13.1 Å². The molecule has 11 nitrogen and oxygen atoms in total. The first-order valence-electron chi connectivity index (χ1n) is 11.2. The van der Waals surface area contributed by atoms with E-state index in [-0.39, 0.29) is 42.3 Å². The van der Waals surface area contributed by atoms with Gasteiger partial charge in [-0.3, -0.25) is 19.2 Å². The molecular formula is C22H21B2Cl2N3O8. The molecule has 4 rings (SSSR count). The van der Waals surface area contributed by atoms with E-state index in [1.807, 2.05) is 0 Å². The average molecular weight is 548 g/mol. The fourth-order valence-corrected chi connectivity index (χ4v) is 4.53. The van der Waals surface area contributed by atoms with E-state index in [4.69, 9.17) is 37.6 Å². The average Bonchev–Trinajstić information content (AvgIpc) is 3.48. The van der Waals surface area contributed by atoms with Gasteiger partial charge in [-0.05, 0) is 40.3 Å². The molecule has 1 unspecified atom stereocenters. The van der Waals surface area contributed by atoms with E-state index >= 15 is 0 Å². The van der Waals surface area contributed by atoms with Gasteiger partial charge in [-0.15, -0.1) is 0 Å². The van der Waals surface area contributed by atoms with Gasteiger partial charge in [-0.2, -0.15) is 0 Å². The Balaban J connectivity index is 1.48. The summed E-state index contributed by atoms with van der Waals surface area (Å²) in [5.41, 5.74) is 2.81. The summed E-state index contributed by atoms with van der Waals surface area (Å²) in [5, 5.41) is 26.9. The Morgan fingerprint density at radius 1 is 1.00 bits per heavy atom. The van der Waals surface area contributed by atoms with Crippen LogP contribution in [0.4, 0.5) is 0 Å². The van der Waals surface area contributed by atoms with Gasteiger partial charge in [0.05, 0.1) is 19.6 Å². The summed E-state index contributed by atoms with van der Waals surface area (Å²) in [5.74, 6) is -3.03. The highest BCUT2D eigenvalue weighted by Crippen LogP contribution is 2.22. The number of benzene rings is 2. The van der Waals surface area contributed by atoms with Crippen molar-refractivity contribution in [2.24, 2.45) is 0 Å². The third-order valence-corrected chi connectivity index (χ3v) is 6.60. The normalized spacial score (nSPS) is 14.3. The van der Waals surface area contributed by atoms with E-state index in [2.05, 4.69) is 16.0 Å². The molecule has 0 bridgehead atoms. The molecule has 0 saturated heterocycles. The molecular weight excluding hydrogens is 527 g/mol. The molecule has 15 heteroatoms. The third kappa shape index (κ3) is 6.25. The molecule has 0 fully saturated rings. The number of rotatable bonds is 9. The molecule has 2 aromatic rings. The second-order valence-electron chi connectivity index (χ2n) is 8.45. The van der Waals surface area contributed by atoms with Crippen LogP contribution >= 0.6 is 23.2 Å². The number of halogens is 2. The first kappa shape index (κ1) is 27.0. The number of carboxylic acid groups (broad SMARTS) is 1. The SMILES string of the molecule is O=C(O)CCNC(=O)C(CNC(=O)c1cc(Cl)c2c(c1)B(O)OC2)NC(=O)c1cc(Cl)c2c(c1)BOC2. The molecule has 0 aliphatic carbocycles. The highest BCUT2D eigenvalue weighted by atomic mass is 35.5. The van der Waals surface area contributed by atoms with Crippen LogP contribution < -0.4 is 26.9 Å². The van der Waals surface area contributed by atoms with Crippen molar-refractivity contribution in [1.29, 1.82) is 0 Å². The Kier molecular flexibility index (Phi) is 8.40. The summed E-state index contributed by atoms with van der Waals surface area (Å²) in [4.78, 5) is 49.3. The van der Waals surface area contributed by atoms with E-state index in [0.717, 1.165) is 11.0 Å². The molecule has 2 aliphatic heterocycles. The molecule has 37 heavy (non-hydrogen) atoms. The molecule has 3 amide bonds. The maximum Gasteiger partial charge on any atom is 0.491 e. The number of carbonyl (C=O) groups is 4. The number of hydrogen-bond donors (Lipinski definition) is 5. The lowest BCUT2D eigenvalue weighted by molar-refractivity contribution is -0.137. The molecule has 0 radical (unpaired) electrons. The van der Waals surface area contributed by atoms with Crippen LogP contribution in [-0.4, -0.2) is 67.6 Å². The summed E-state index contributed by atoms with van der Waals surface area (Å²) in [7, 11) is -0.911. The molecule has 0 spiro atoms. The summed E-state index contributed by atoms with van der Waals surface area (Å²) < 4.78 is 10.5. The Morgan fingerprint density at radius 2 is 1.70 bits per heavy atom. The Bertz CT molecular complexity index is 1280. The molecule has 2 aliphatic rings. The molecule has 192 valence electrons. The van der Waals surface area contributed by atoms with Crippen molar-refractivity contribution in [2.45, 2.75) is 25.7 Å². The minimum atomic E-state index is -1.24. The summed E-state index contributed by atoms with van der Waals surface area (Å²) in [6.07, 6.45) is -0.322. The van der Waals surface area contributed by atoms with Crippen LogP contribution in [-0.2, 0) is 32.1 Å². The van der Waals surface area contributed by atoms with Crippen LogP contribution in [0.2, 0.25) is 10.0 Å². The molecule has 2 aromatic carbocycles. The quantitative estimate of drug-likeness (QED) is 0.245. The number of fused-ring (bicyclic) bond motifs is 2. The third-order valence-electron chi connectivity index (χ3n) is 5.92. The number of nitrogens with one attached hydrogen (secondary N) is 3. The van der Waals surface area contributed by atoms with Gasteiger partial charge in [0.1, 0.15) is 6.04 Å². The fraction of sp³-hybridized carbons (Fsp3) is 0.273. The predicted octanol–water partition coefficient (Wildman–Crippen LogP) is -1.16. The number of hydrogen-bond acceptors (Lipinski definition) is 7.